The summed E-state index contributed by atoms with van der Waals surface area (Å²) in [7, 11) is 1.71. The topological polar surface area (TPSA) is 50.9 Å². The summed E-state index contributed by atoms with van der Waals surface area (Å²) in [4.78, 5) is 5.46. The van der Waals surface area contributed by atoms with E-state index in [1.54, 1.807) is 11.9 Å². The molecule has 0 bridgehead atoms. The molecule has 18 heavy (non-hydrogen) atoms. The molecule has 1 aliphatic heterocycles. The van der Waals surface area contributed by atoms with E-state index in [4.69, 9.17) is 10.5 Å². The molecule has 0 spiro atoms. The van der Waals surface area contributed by atoms with Gasteiger partial charge in [-0.3, -0.25) is 0 Å². The lowest BCUT2D eigenvalue weighted by molar-refractivity contribution is 0.230. The third-order valence-corrected chi connectivity index (χ3v) is 2.69. The summed E-state index contributed by atoms with van der Waals surface area (Å²) in [6.07, 6.45) is 0. The highest BCUT2D eigenvalue weighted by atomic mass is 19.1. The Bertz CT molecular complexity index is 493. The first-order chi connectivity index (χ1) is 8.56. The van der Waals surface area contributed by atoms with Crippen molar-refractivity contribution < 1.29 is 9.13 Å². The van der Waals surface area contributed by atoms with Gasteiger partial charge in [0.15, 0.2) is 11.6 Å². The zero-order valence-corrected chi connectivity index (χ0v) is 10.5. The first kappa shape index (κ1) is 12.4. The second kappa shape index (κ2) is 5.08. The summed E-state index contributed by atoms with van der Waals surface area (Å²) in [6, 6.07) is 8.34. The van der Waals surface area contributed by atoms with Crippen LogP contribution in [0.4, 0.5) is 4.39 Å². The minimum absolute atomic E-state index is 0.0958. The Morgan fingerprint density at radius 2 is 2.06 bits per heavy atom. The Balaban J connectivity index is 2.02. The van der Waals surface area contributed by atoms with E-state index < -0.39 is 5.83 Å². The van der Waals surface area contributed by atoms with Gasteiger partial charge in [0.1, 0.15) is 6.61 Å². The Morgan fingerprint density at radius 1 is 1.39 bits per heavy atom. The number of hydrogen-bond acceptors (Lipinski definition) is 4. The van der Waals surface area contributed by atoms with Gasteiger partial charge >= 0.3 is 0 Å². The van der Waals surface area contributed by atoms with Crippen LogP contribution in [-0.2, 0) is 11.3 Å². The first-order valence-electron chi connectivity index (χ1n) is 5.68. The standard InChI is InChI=1S/C13H16FN3O/c1-9-3-5-10(6-4-9)8-18-13-16-12(15)11(14)7-17(13)2/h3-6H,7-8,15H2,1-2H3. The van der Waals surface area contributed by atoms with E-state index in [1.807, 2.05) is 31.2 Å². The van der Waals surface area contributed by atoms with Crippen LogP contribution in [0, 0.1) is 6.92 Å². The quantitative estimate of drug-likeness (QED) is 0.871. The smallest absolute Gasteiger partial charge is 0.294 e. The van der Waals surface area contributed by atoms with E-state index in [-0.39, 0.29) is 12.4 Å². The molecule has 0 saturated heterocycles. The van der Waals surface area contributed by atoms with E-state index in [2.05, 4.69) is 4.99 Å². The molecule has 5 heteroatoms. The van der Waals surface area contributed by atoms with Crippen LogP contribution in [0.1, 0.15) is 11.1 Å². The fraction of sp³-hybridized carbons (Fsp3) is 0.308. The number of aryl methyl sites for hydroxylation is 1. The number of aliphatic imine (C=N–C) groups is 1. The Kier molecular flexibility index (Phi) is 3.50. The summed E-state index contributed by atoms with van der Waals surface area (Å²) in [5.41, 5.74) is 7.66. The molecule has 0 fully saturated rings. The van der Waals surface area contributed by atoms with Crippen molar-refractivity contribution in [2.24, 2.45) is 10.7 Å². The van der Waals surface area contributed by atoms with E-state index in [1.165, 1.54) is 5.56 Å². The normalized spacial score (nSPS) is 15.7. The van der Waals surface area contributed by atoms with Crippen LogP contribution >= 0.6 is 0 Å². The van der Waals surface area contributed by atoms with Gasteiger partial charge in [-0.2, -0.15) is 4.99 Å². The minimum atomic E-state index is -0.430. The largest absolute Gasteiger partial charge is 0.460 e. The van der Waals surface area contributed by atoms with Gasteiger partial charge in [0, 0.05) is 7.05 Å². The van der Waals surface area contributed by atoms with Crippen molar-refractivity contribution in [3.8, 4) is 0 Å². The highest BCUT2D eigenvalue weighted by Crippen LogP contribution is 2.13. The zero-order valence-electron chi connectivity index (χ0n) is 10.5. The van der Waals surface area contributed by atoms with Gasteiger partial charge in [-0.1, -0.05) is 29.8 Å². The predicted molar refractivity (Wildman–Crippen MR) is 68.4 cm³/mol. The van der Waals surface area contributed by atoms with Crippen molar-refractivity contribution >= 4 is 6.02 Å². The summed E-state index contributed by atoms with van der Waals surface area (Å²) >= 11 is 0. The molecule has 0 radical (unpaired) electrons. The summed E-state index contributed by atoms with van der Waals surface area (Å²) in [6.45, 7) is 2.51. The molecule has 0 saturated carbocycles. The van der Waals surface area contributed by atoms with E-state index in [9.17, 15) is 4.39 Å². The van der Waals surface area contributed by atoms with Crippen molar-refractivity contribution in [1.82, 2.24) is 4.90 Å². The number of ether oxygens (including phenoxy) is 1. The van der Waals surface area contributed by atoms with Crippen molar-refractivity contribution in [1.29, 1.82) is 0 Å². The Hall–Kier alpha value is -2.04. The molecule has 2 N–H and O–H groups in total. The highest BCUT2D eigenvalue weighted by molar-refractivity contribution is 5.76. The van der Waals surface area contributed by atoms with Gasteiger partial charge in [0.2, 0.25) is 0 Å². The second-order valence-electron chi connectivity index (χ2n) is 4.31. The monoisotopic (exact) mass is 249 g/mol. The Morgan fingerprint density at radius 3 is 2.72 bits per heavy atom. The molecule has 0 atom stereocenters. The lowest BCUT2D eigenvalue weighted by Crippen LogP contribution is -2.34. The molecule has 2 rings (SSSR count). The maximum Gasteiger partial charge on any atom is 0.294 e. The maximum atomic E-state index is 13.2. The van der Waals surface area contributed by atoms with E-state index in [0.717, 1.165) is 5.56 Å². The fourth-order valence-electron chi connectivity index (χ4n) is 1.58. The number of nitrogens with zero attached hydrogens (tertiary/aromatic N) is 2. The highest BCUT2D eigenvalue weighted by Gasteiger charge is 2.18. The van der Waals surface area contributed by atoms with Crippen LogP contribution in [0.15, 0.2) is 40.9 Å². The van der Waals surface area contributed by atoms with Crippen molar-refractivity contribution in [2.45, 2.75) is 13.5 Å². The molecular weight excluding hydrogens is 233 g/mol. The van der Waals surface area contributed by atoms with Crippen LogP contribution < -0.4 is 5.73 Å². The second-order valence-corrected chi connectivity index (χ2v) is 4.31. The molecule has 1 heterocycles. The van der Waals surface area contributed by atoms with Crippen molar-refractivity contribution in [3.63, 3.8) is 0 Å². The SMILES string of the molecule is Cc1ccc(COC2=NC(N)=C(F)CN2C)cc1. The molecule has 1 aliphatic rings. The number of amidine groups is 1. The third kappa shape index (κ3) is 2.80. The third-order valence-electron chi connectivity index (χ3n) is 2.69. The number of nitrogens with two attached hydrogens (primary N) is 1. The van der Waals surface area contributed by atoms with Crippen LogP contribution in [0.3, 0.4) is 0 Å². The maximum absolute atomic E-state index is 13.2. The van der Waals surface area contributed by atoms with Crippen LogP contribution in [0.5, 0.6) is 0 Å². The number of halogens is 1. The molecular formula is C13H16FN3O. The number of benzene rings is 1. The molecule has 1 aromatic rings. The lowest BCUT2D eigenvalue weighted by Gasteiger charge is -2.23. The van der Waals surface area contributed by atoms with Gasteiger partial charge in [-0.05, 0) is 12.5 Å². The van der Waals surface area contributed by atoms with Gasteiger partial charge in [-0.15, -0.1) is 0 Å². The molecule has 0 aliphatic carbocycles. The van der Waals surface area contributed by atoms with Crippen molar-refractivity contribution in [3.05, 3.63) is 47.0 Å². The van der Waals surface area contributed by atoms with Crippen LogP contribution in [0.25, 0.3) is 0 Å². The van der Waals surface area contributed by atoms with Gasteiger partial charge < -0.3 is 15.4 Å². The summed E-state index contributed by atoms with van der Waals surface area (Å²) in [5.74, 6) is -0.535. The fourth-order valence-corrected chi connectivity index (χ4v) is 1.58. The van der Waals surface area contributed by atoms with Crippen LogP contribution in [0.2, 0.25) is 0 Å². The summed E-state index contributed by atoms with van der Waals surface area (Å²) in [5, 5.41) is 0. The van der Waals surface area contributed by atoms with Gasteiger partial charge in [0.25, 0.3) is 6.02 Å². The van der Waals surface area contributed by atoms with E-state index in [0.29, 0.717) is 12.6 Å². The molecule has 0 unspecified atom stereocenters. The number of rotatable bonds is 2. The molecule has 0 amide bonds. The molecule has 0 aromatic heterocycles. The van der Waals surface area contributed by atoms with Gasteiger partial charge in [-0.25, -0.2) is 4.39 Å². The first-order valence-corrected chi connectivity index (χ1v) is 5.68. The number of likely N-dealkylation sites (N-methyl/N-ethyl adjacent to an activating group) is 1. The zero-order chi connectivity index (χ0) is 13.1. The summed E-state index contributed by atoms with van der Waals surface area (Å²) < 4.78 is 18.7. The number of hydrogen-bond donors (Lipinski definition) is 1. The minimum Gasteiger partial charge on any atom is -0.460 e. The predicted octanol–water partition coefficient (Wildman–Crippen LogP) is 1.91. The average molecular weight is 249 g/mol. The average Bonchev–Trinajstić information content (AvgIpc) is 2.34. The van der Waals surface area contributed by atoms with E-state index >= 15 is 0 Å². The molecule has 1 aromatic carbocycles. The molecule has 4 nitrogen and oxygen atoms in total. The van der Waals surface area contributed by atoms with Crippen molar-refractivity contribution in [2.75, 3.05) is 13.6 Å². The molecule has 96 valence electrons. The van der Waals surface area contributed by atoms with Gasteiger partial charge in [0.05, 0.1) is 6.54 Å². The lowest BCUT2D eigenvalue weighted by atomic mass is 10.2. The van der Waals surface area contributed by atoms with Crippen LogP contribution in [-0.4, -0.2) is 24.5 Å². The Labute approximate surface area is 106 Å².